The standard InChI is InChI=1S/C27H29NO2/c1-22-17-28(18-23-11-5-2-6-12-23)26(21-29-19-24-13-7-3-8-14-24)27(22)30-20-25-15-9-4-10-16-25/h2-16,26-27H,1,17-21H2/t26-,27-/m0/s1. The number of ether oxygens (including phenoxy) is 2. The molecule has 0 aromatic heterocycles. The third-order valence-corrected chi connectivity index (χ3v) is 5.53. The lowest BCUT2D eigenvalue weighted by molar-refractivity contribution is -0.0150. The van der Waals surface area contributed by atoms with Gasteiger partial charge in [-0.25, -0.2) is 0 Å². The van der Waals surface area contributed by atoms with Crippen LogP contribution >= 0.6 is 0 Å². The smallest absolute Gasteiger partial charge is 0.0977 e. The van der Waals surface area contributed by atoms with Gasteiger partial charge in [0.2, 0.25) is 0 Å². The summed E-state index contributed by atoms with van der Waals surface area (Å²) < 4.78 is 12.5. The predicted octanol–water partition coefficient (Wildman–Crippen LogP) is 5.23. The van der Waals surface area contributed by atoms with Gasteiger partial charge in [0.25, 0.3) is 0 Å². The van der Waals surface area contributed by atoms with Crippen LogP contribution < -0.4 is 0 Å². The van der Waals surface area contributed by atoms with E-state index in [2.05, 4.69) is 66.1 Å². The molecule has 0 N–H and O–H groups in total. The van der Waals surface area contributed by atoms with Crippen molar-refractivity contribution in [3.8, 4) is 0 Å². The first kappa shape index (κ1) is 20.5. The highest BCUT2D eigenvalue weighted by Crippen LogP contribution is 2.28. The molecule has 0 radical (unpaired) electrons. The molecule has 1 saturated heterocycles. The van der Waals surface area contributed by atoms with Crippen molar-refractivity contribution in [1.82, 2.24) is 4.90 Å². The first-order valence-corrected chi connectivity index (χ1v) is 10.5. The van der Waals surface area contributed by atoms with E-state index in [9.17, 15) is 0 Å². The van der Waals surface area contributed by atoms with E-state index >= 15 is 0 Å². The van der Waals surface area contributed by atoms with E-state index in [-0.39, 0.29) is 12.1 Å². The van der Waals surface area contributed by atoms with E-state index in [4.69, 9.17) is 9.47 Å². The van der Waals surface area contributed by atoms with Gasteiger partial charge in [0.05, 0.1) is 32.0 Å². The van der Waals surface area contributed by atoms with Crippen LogP contribution in [0.2, 0.25) is 0 Å². The molecule has 2 atom stereocenters. The van der Waals surface area contributed by atoms with Crippen LogP contribution in [0.25, 0.3) is 0 Å². The third-order valence-electron chi connectivity index (χ3n) is 5.53. The third kappa shape index (κ3) is 5.45. The number of hydrogen-bond acceptors (Lipinski definition) is 3. The quantitative estimate of drug-likeness (QED) is 0.460. The Morgan fingerprint density at radius 1 is 0.733 bits per heavy atom. The Morgan fingerprint density at radius 2 is 1.27 bits per heavy atom. The van der Waals surface area contributed by atoms with E-state index < -0.39 is 0 Å². The van der Waals surface area contributed by atoms with Crippen molar-refractivity contribution in [2.24, 2.45) is 0 Å². The zero-order valence-electron chi connectivity index (χ0n) is 17.3. The Labute approximate surface area is 179 Å². The second-order valence-corrected chi connectivity index (χ2v) is 7.83. The molecule has 0 bridgehead atoms. The summed E-state index contributed by atoms with van der Waals surface area (Å²) in [5.74, 6) is 0. The maximum Gasteiger partial charge on any atom is 0.0977 e. The summed E-state index contributed by atoms with van der Waals surface area (Å²) in [5.41, 5.74) is 4.78. The largest absolute Gasteiger partial charge is 0.375 e. The number of likely N-dealkylation sites (tertiary alicyclic amines) is 1. The van der Waals surface area contributed by atoms with Gasteiger partial charge in [0.15, 0.2) is 0 Å². The Bertz CT molecular complexity index is 911. The van der Waals surface area contributed by atoms with Gasteiger partial charge in [0, 0.05) is 13.1 Å². The second-order valence-electron chi connectivity index (χ2n) is 7.83. The molecule has 1 heterocycles. The minimum absolute atomic E-state index is 0.0373. The zero-order valence-corrected chi connectivity index (χ0v) is 17.3. The summed E-state index contributed by atoms with van der Waals surface area (Å²) in [6.07, 6.45) is -0.0373. The van der Waals surface area contributed by atoms with Gasteiger partial charge in [-0.05, 0) is 22.3 Å². The van der Waals surface area contributed by atoms with Gasteiger partial charge in [-0.3, -0.25) is 4.90 Å². The molecule has 3 heteroatoms. The molecule has 0 saturated carbocycles. The molecule has 4 rings (SSSR count). The summed E-state index contributed by atoms with van der Waals surface area (Å²) in [7, 11) is 0. The van der Waals surface area contributed by atoms with Gasteiger partial charge in [0.1, 0.15) is 0 Å². The summed E-state index contributed by atoms with van der Waals surface area (Å²) in [5, 5.41) is 0. The maximum atomic E-state index is 6.36. The highest BCUT2D eigenvalue weighted by atomic mass is 16.5. The number of benzene rings is 3. The topological polar surface area (TPSA) is 21.7 Å². The predicted molar refractivity (Wildman–Crippen MR) is 121 cm³/mol. The van der Waals surface area contributed by atoms with E-state index in [0.717, 1.165) is 18.7 Å². The molecular formula is C27H29NO2. The fourth-order valence-corrected chi connectivity index (χ4v) is 3.98. The highest BCUT2D eigenvalue weighted by Gasteiger charge is 2.37. The molecule has 0 aliphatic carbocycles. The van der Waals surface area contributed by atoms with Crippen molar-refractivity contribution in [2.75, 3.05) is 13.2 Å². The molecule has 1 aliphatic heterocycles. The Kier molecular flexibility index (Phi) is 7.09. The molecule has 30 heavy (non-hydrogen) atoms. The molecule has 0 spiro atoms. The summed E-state index contributed by atoms with van der Waals surface area (Å²) in [4.78, 5) is 2.43. The van der Waals surface area contributed by atoms with Gasteiger partial charge in [-0.1, -0.05) is 97.6 Å². The van der Waals surface area contributed by atoms with Crippen LogP contribution in [0.1, 0.15) is 16.7 Å². The van der Waals surface area contributed by atoms with Crippen molar-refractivity contribution >= 4 is 0 Å². The van der Waals surface area contributed by atoms with Gasteiger partial charge in [-0.15, -0.1) is 0 Å². The molecule has 3 aromatic rings. The lowest BCUT2D eigenvalue weighted by atomic mass is 10.1. The first-order chi connectivity index (χ1) is 14.8. The number of rotatable bonds is 9. The van der Waals surface area contributed by atoms with Crippen molar-refractivity contribution < 1.29 is 9.47 Å². The average molecular weight is 400 g/mol. The molecule has 3 nitrogen and oxygen atoms in total. The van der Waals surface area contributed by atoms with Crippen molar-refractivity contribution in [3.63, 3.8) is 0 Å². The normalized spacial score (nSPS) is 19.3. The van der Waals surface area contributed by atoms with Crippen LogP contribution in [0.5, 0.6) is 0 Å². The second kappa shape index (κ2) is 10.4. The molecule has 154 valence electrons. The Balaban J connectivity index is 1.44. The monoisotopic (exact) mass is 399 g/mol. The lowest BCUT2D eigenvalue weighted by Gasteiger charge is -2.28. The summed E-state index contributed by atoms with van der Waals surface area (Å²) in [6, 6.07) is 31.3. The van der Waals surface area contributed by atoms with Crippen LogP contribution in [0.4, 0.5) is 0 Å². The van der Waals surface area contributed by atoms with Gasteiger partial charge < -0.3 is 9.47 Å². The molecule has 1 fully saturated rings. The fraction of sp³-hybridized carbons (Fsp3) is 0.259. The van der Waals surface area contributed by atoms with Crippen molar-refractivity contribution in [1.29, 1.82) is 0 Å². The van der Waals surface area contributed by atoms with Crippen LogP contribution in [0.3, 0.4) is 0 Å². The van der Waals surface area contributed by atoms with Gasteiger partial charge in [-0.2, -0.15) is 0 Å². The first-order valence-electron chi connectivity index (χ1n) is 10.5. The Hall–Kier alpha value is -2.72. The zero-order chi connectivity index (χ0) is 20.6. The maximum absolute atomic E-state index is 6.36. The molecule has 0 unspecified atom stereocenters. The SMILES string of the molecule is C=C1CN(Cc2ccccc2)[C@@H](COCc2ccccc2)[C@H]1OCc1ccccc1. The lowest BCUT2D eigenvalue weighted by Crippen LogP contribution is -2.39. The Morgan fingerprint density at radius 3 is 1.87 bits per heavy atom. The molecule has 0 amide bonds. The molecule has 1 aliphatic rings. The number of hydrogen-bond donors (Lipinski definition) is 0. The van der Waals surface area contributed by atoms with Crippen LogP contribution in [0.15, 0.2) is 103 Å². The van der Waals surface area contributed by atoms with Crippen molar-refractivity contribution in [2.45, 2.75) is 31.9 Å². The van der Waals surface area contributed by atoms with Crippen LogP contribution in [-0.2, 0) is 29.2 Å². The van der Waals surface area contributed by atoms with Crippen LogP contribution in [0, 0.1) is 0 Å². The number of nitrogens with zero attached hydrogens (tertiary/aromatic N) is 1. The van der Waals surface area contributed by atoms with E-state index in [1.54, 1.807) is 0 Å². The van der Waals surface area contributed by atoms with Crippen LogP contribution in [-0.4, -0.2) is 30.2 Å². The average Bonchev–Trinajstić information content (AvgIpc) is 3.08. The summed E-state index contributed by atoms with van der Waals surface area (Å²) in [6.45, 7) is 7.83. The van der Waals surface area contributed by atoms with E-state index in [1.165, 1.54) is 16.7 Å². The van der Waals surface area contributed by atoms with E-state index in [1.807, 2.05) is 36.4 Å². The molecular weight excluding hydrogens is 370 g/mol. The minimum atomic E-state index is -0.0373. The fourth-order valence-electron chi connectivity index (χ4n) is 3.98. The highest BCUT2D eigenvalue weighted by molar-refractivity contribution is 5.21. The van der Waals surface area contributed by atoms with Gasteiger partial charge >= 0.3 is 0 Å². The van der Waals surface area contributed by atoms with E-state index in [0.29, 0.717) is 19.8 Å². The molecule has 3 aromatic carbocycles. The van der Waals surface area contributed by atoms with Crippen molar-refractivity contribution in [3.05, 3.63) is 120 Å². The summed E-state index contributed by atoms with van der Waals surface area (Å²) >= 11 is 0. The minimum Gasteiger partial charge on any atom is -0.375 e.